The first-order valence-electron chi connectivity index (χ1n) is 8.36. The fourth-order valence-corrected chi connectivity index (χ4v) is 2.94. The highest BCUT2D eigenvalue weighted by atomic mass is 19.1. The summed E-state index contributed by atoms with van der Waals surface area (Å²) in [6.07, 6.45) is 1.65. The van der Waals surface area contributed by atoms with Crippen LogP contribution in [0, 0.1) is 5.82 Å². The molecule has 0 saturated heterocycles. The molecule has 0 atom stereocenters. The monoisotopic (exact) mass is 336 g/mol. The Morgan fingerprint density at radius 3 is 2.20 bits per heavy atom. The van der Waals surface area contributed by atoms with Gasteiger partial charge in [0, 0.05) is 17.0 Å². The lowest BCUT2D eigenvalue weighted by Crippen LogP contribution is -1.93. The Morgan fingerprint density at radius 1 is 1.00 bits per heavy atom. The zero-order chi connectivity index (χ0) is 18.0. The van der Waals surface area contributed by atoms with Gasteiger partial charge in [0.05, 0.1) is 5.56 Å². The lowest BCUT2D eigenvalue weighted by Gasteiger charge is -2.08. The van der Waals surface area contributed by atoms with Gasteiger partial charge in [-0.3, -0.25) is 0 Å². The number of hydrogen-bond donors (Lipinski definition) is 1. The van der Waals surface area contributed by atoms with E-state index in [1.54, 1.807) is 25.1 Å². The number of halogens is 1. The van der Waals surface area contributed by atoms with E-state index >= 15 is 0 Å². The average molecular weight is 336 g/mol. The van der Waals surface area contributed by atoms with Crippen LogP contribution in [0.1, 0.15) is 38.0 Å². The van der Waals surface area contributed by atoms with E-state index in [1.807, 2.05) is 44.2 Å². The molecule has 0 unspecified atom stereocenters. The number of rotatable bonds is 4. The molecule has 25 heavy (non-hydrogen) atoms. The van der Waals surface area contributed by atoms with Crippen molar-refractivity contribution < 1.29 is 13.9 Å². The van der Waals surface area contributed by atoms with E-state index in [0.717, 1.165) is 16.7 Å². The van der Waals surface area contributed by atoms with Gasteiger partial charge < -0.3 is 9.52 Å². The van der Waals surface area contributed by atoms with Crippen LogP contribution in [0.2, 0.25) is 0 Å². The lowest BCUT2D eigenvalue weighted by molar-refractivity contribution is 0.480. The number of allylic oxidation sites excluding steroid dienone is 1. The first kappa shape index (κ1) is 17.0. The molecular formula is C22H21FO2. The van der Waals surface area contributed by atoms with Crippen LogP contribution in [0.5, 0.6) is 0 Å². The van der Waals surface area contributed by atoms with Crippen LogP contribution in [0.25, 0.3) is 28.2 Å². The second-order valence-corrected chi connectivity index (χ2v) is 6.25. The van der Waals surface area contributed by atoms with Gasteiger partial charge in [0.2, 0.25) is 0 Å². The van der Waals surface area contributed by atoms with Crippen LogP contribution in [-0.2, 0) is 0 Å². The van der Waals surface area contributed by atoms with Crippen molar-refractivity contribution in [2.24, 2.45) is 0 Å². The van der Waals surface area contributed by atoms with Crippen molar-refractivity contribution in [1.29, 1.82) is 0 Å². The van der Waals surface area contributed by atoms with E-state index in [0.29, 0.717) is 17.1 Å². The molecule has 2 nitrogen and oxygen atoms in total. The van der Waals surface area contributed by atoms with E-state index in [1.165, 1.54) is 12.1 Å². The normalized spacial score (nSPS) is 12.0. The summed E-state index contributed by atoms with van der Waals surface area (Å²) in [5.74, 6) is 1.35. The molecule has 0 radical (unpaired) electrons. The third-order valence-corrected chi connectivity index (χ3v) is 4.16. The van der Waals surface area contributed by atoms with Crippen LogP contribution in [0.4, 0.5) is 4.39 Å². The van der Waals surface area contributed by atoms with Crippen LogP contribution in [0.3, 0.4) is 0 Å². The first-order valence-corrected chi connectivity index (χ1v) is 8.36. The molecule has 3 rings (SSSR count). The van der Waals surface area contributed by atoms with Crippen molar-refractivity contribution in [3.63, 3.8) is 0 Å². The molecule has 3 heteroatoms. The van der Waals surface area contributed by atoms with E-state index in [2.05, 4.69) is 0 Å². The topological polar surface area (TPSA) is 33.4 Å². The largest absolute Gasteiger partial charge is 0.508 e. The summed E-state index contributed by atoms with van der Waals surface area (Å²) < 4.78 is 19.6. The molecule has 0 fully saturated rings. The molecule has 1 heterocycles. The maximum Gasteiger partial charge on any atom is 0.142 e. The lowest BCUT2D eigenvalue weighted by atomic mass is 9.94. The van der Waals surface area contributed by atoms with Gasteiger partial charge in [0.1, 0.15) is 23.1 Å². The molecule has 128 valence electrons. The van der Waals surface area contributed by atoms with Crippen LogP contribution >= 0.6 is 0 Å². The fraction of sp³-hybridized carbons (Fsp3) is 0.182. The quantitative estimate of drug-likeness (QED) is 0.532. The zero-order valence-electron chi connectivity index (χ0n) is 14.6. The number of aliphatic hydroxyl groups excluding tert-OH is 1. The molecule has 2 aromatic carbocycles. The highest BCUT2D eigenvalue weighted by Crippen LogP contribution is 2.44. The van der Waals surface area contributed by atoms with Gasteiger partial charge in [-0.2, -0.15) is 0 Å². The molecule has 0 amide bonds. The van der Waals surface area contributed by atoms with Gasteiger partial charge in [-0.1, -0.05) is 56.3 Å². The molecule has 0 aliphatic carbocycles. The van der Waals surface area contributed by atoms with E-state index in [9.17, 15) is 9.50 Å². The van der Waals surface area contributed by atoms with Crippen molar-refractivity contribution in [2.45, 2.75) is 26.7 Å². The Balaban J connectivity index is 2.37. The molecule has 0 aliphatic rings. The number of aliphatic hydroxyl groups is 1. The third kappa shape index (κ3) is 3.22. The Bertz CT molecular complexity index is 888. The minimum atomic E-state index is -0.297. The van der Waals surface area contributed by atoms with E-state index < -0.39 is 0 Å². The summed E-state index contributed by atoms with van der Waals surface area (Å²) >= 11 is 0. The second-order valence-electron chi connectivity index (χ2n) is 6.25. The predicted octanol–water partition coefficient (Wildman–Crippen LogP) is 6.79. The summed E-state index contributed by atoms with van der Waals surface area (Å²) in [4.78, 5) is 0. The highest BCUT2D eigenvalue weighted by Gasteiger charge is 2.26. The van der Waals surface area contributed by atoms with Gasteiger partial charge in [0.15, 0.2) is 0 Å². The Labute approximate surface area is 147 Å². The fourth-order valence-electron chi connectivity index (χ4n) is 2.94. The van der Waals surface area contributed by atoms with Crippen molar-refractivity contribution >= 4 is 5.76 Å². The molecular weight excluding hydrogens is 315 g/mol. The minimum Gasteiger partial charge on any atom is -0.508 e. The van der Waals surface area contributed by atoms with Crippen LogP contribution in [-0.4, -0.2) is 5.11 Å². The Hall–Kier alpha value is -2.81. The third-order valence-electron chi connectivity index (χ3n) is 4.16. The van der Waals surface area contributed by atoms with Crippen LogP contribution < -0.4 is 0 Å². The molecule has 1 aromatic heterocycles. The zero-order valence-corrected chi connectivity index (χ0v) is 14.6. The first-order chi connectivity index (χ1) is 12.0. The van der Waals surface area contributed by atoms with Gasteiger partial charge in [-0.15, -0.1) is 0 Å². The second kappa shape index (κ2) is 6.98. The summed E-state index contributed by atoms with van der Waals surface area (Å²) in [6.45, 7) is 5.83. The standard InChI is InChI=1S/C22H21FO2/c1-4-18(24)20-19(15-10-12-17(23)13-11-15)22(25-21(20)14(2)3)16-8-6-5-7-9-16/h4-14,24H,1-3H3. The van der Waals surface area contributed by atoms with Crippen molar-refractivity contribution in [3.8, 4) is 22.5 Å². The molecule has 1 N–H and O–H groups in total. The summed E-state index contributed by atoms with van der Waals surface area (Å²) in [5, 5.41) is 10.5. The summed E-state index contributed by atoms with van der Waals surface area (Å²) in [7, 11) is 0. The maximum atomic E-state index is 13.4. The van der Waals surface area contributed by atoms with Gasteiger partial charge >= 0.3 is 0 Å². The number of hydrogen-bond acceptors (Lipinski definition) is 2. The van der Waals surface area contributed by atoms with Crippen molar-refractivity contribution in [1.82, 2.24) is 0 Å². The van der Waals surface area contributed by atoms with Crippen molar-refractivity contribution in [3.05, 3.63) is 77.8 Å². The van der Waals surface area contributed by atoms with Gasteiger partial charge in [-0.25, -0.2) is 4.39 Å². The summed E-state index contributed by atoms with van der Waals surface area (Å²) in [6, 6.07) is 16.0. The average Bonchev–Trinajstić information content (AvgIpc) is 3.03. The highest BCUT2D eigenvalue weighted by molar-refractivity contribution is 5.89. The number of furan rings is 1. The van der Waals surface area contributed by atoms with Gasteiger partial charge in [-0.05, 0) is 30.7 Å². The number of benzene rings is 2. The predicted molar refractivity (Wildman–Crippen MR) is 99.9 cm³/mol. The smallest absolute Gasteiger partial charge is 0.142 e. The molecule has 0 aliphatic heterocycles. The molecule has 0 spiro atoms. The Kier molecular flexibility index (Phi) is 4.75. The van der Waals surface area contributed by atoms with E-state index in [4.69, 9.17) is 4.42 Å². The summed E-state index contributed by atoms with van der Waals surface area (Å²) in [5.41, 5.74) is 3.17. The van der Waals surface area contributed by atoms with E-state index in [-0.39, 0.29) is 17.5 Å². The minimum absolute atomic E-state index is 0.0914. The SMILES string of the molecule is CC=C(O)c1c(C(C)C)oc(-c2ccccc2)c1-c1ccc(F)cc1. The Morgan fingerprint density at radius 2 is 1.64 bits per heavy atom. The maximum absolute atomic E-state index is 13.4. The van der Waals surface area contributed by atoms with Crippen molar-refractivity contribution in [2.75, 3.05) is 0 Å². The van der Waals surface area contributed by atoms with Crippen LogP contribution in [0.15, 0.2) is 65.1 Å². The van der Waals surface area contributed by atoms with Gasteiger partial charge in [0.25, 0.3) is 0 Å². The molecule has 0 bridgehead atoms. The molecule has 3 aromatic rings. The molecule has 0 saturated carbocycles.